The Bertz CT molecular complexity index is 468. The van der Waals surface area contributed by atoms with Crippen LogP contribution >= 0.6 is 0 Å². The molecule has 1 aromatic rings. The molecule has 0 radical (unpaired) electrons. The van der Waals surface area contributed by atoms with Gasteiger partial charge in [0.1, 0.15) is 0 Å². The molecule has 0 saturated carbocycles. The SMILES string of the molecule is Cc1cccc(NC(=O)NCCC2=CCNCC2)c1. The smallest absolute Gasteiger partial charge is 0.319 e. The summed E-state index contributed by atoms with van der Waals surface area (Å²) in [6, 6.07) is 7.65. The predicted octanol–water partition coefficient (Wildman–Crippen LogP) is 2.43. The maximum absolute atomic E-state index is 11.7. The highest BCUT2D eigenvalue weighted by Gasteiger charge is 2.04. The van der Waals surface area contributed by atoms with Crippen molar-refractivity contribution in [3.05, 3.63) is 41.5 Å². The van der Waals surface area contributed by atoms with Crippen molar-refractivity contribution in [1.29, 1.82) is 0 Å². The summed E-state index contributed by atoms with van der Waals surface area (Å²) in [4.78, 5) is 11.7. The lowest BCUT2D eigenvalue weighted by atomic mass is 10.1. The predicted molar refractivity (Wildman–Crippen MR) is 78.4 cm³/mol. The minimum absolute atomic E-state index is 0.139. The van der Waals surface area contributed by atoms with Crippen LogP contribution < -0.4 is 16.0 Å². The highest BCUT2D eigenvalue weighted by molar-refractivity contribution is 5.89. The van der Waals surface area contributed by atoms with Crippen molar-refractivity contribution in [2.45, 2.75) is 19.8 Å². The molecule has 1 aromatic carbocycles. The zero-order valence-corrected chi connectivity index (χ0v) is 11.3. The zero-order valence-electron chi connectivity index (χ0n) is 11.3. The van der Waals surface area contributed by atoms with E-state index in [1.54, 1.807) is 0 Å². The number of rotatable bonds is 4. The van der Waals surface area contributed by atoms with E-state index in [4.69, 9.17) is 0 Å². The second kappa shape index (κ2) is 6.95. The average Bonchev–Trinajstić information content (AvgIpc) is 2.40. The standard InChI is InChI=1S/C15H21N3O/c1-12-3-2-4-14(11-12)18-15(19)17-10-7-13-5-8-16-9-6-13/h2-5,11,16H,6-10H2,1H3,(H2,17,18,19). The van der Waals surface area contributed by atoms with E-state index < -0.39 is 0 Å². The molecule has 1 aliphatic heterocycles. The Hall–Kier alpha value is -1.81. The molecule has 19 heavy (non-hydrogen) atoms. The summed E-state index contributed by atoms with van der Waals surface area (Å²) < 4.78 is 0. The van der Waals surface area contributed by atoms with Crippen LogP contribution in [0, 0.1) is 6.92 Å². The van der Waals surface area contributed by atoms with Gasteiger partial charge in [0.25, 0.3) is 0 Å². The van der Waals surface area contributed by atoms with Gasteiger partial charge in [-0.25, -0.2) is 4.79 Å². The first kappa shape index (κ1) is 13.6. The van der Waals surface area contributed by atoms with Gasteiger partial charge in [0, 0.05) is 18.8 Å². The molecule has 102 valence electrons. The monoisotopic (exact) mass is 259 g/mol. The van der Waals surface area contributed by atoms with E-state index in [9.17, 15) is 4.79 Å². The van der Waals surface area contributed by atoms with Crippen LogP contribution in [0.15, 0.2) is 35.9 Å². The second-order valence-electron chi connectivity index (χ2n) is 4.82. The first-order valence-electron chi connectivity index (χ1n) is 6.74. The lowest BCUT2D eigenvalue weighted by Crippen LogP contribution is -2.30. The van der Waals surface area contributed by atoms with Gasteiger partial charge in [0.05, 0.1) is 0 Å². The van der Waals surface area contributed by atoms with Crippen LogP contribution in [0.3, 0.4) is 0 Å². The molecular formula is C15H21N3O. The third kappa shape index (κ3) is 4.75. The van der Waals surface area contributed by atoms with Gasteiger partial charge in [-0.15, -0.1) is 0 Å². The van der Waals surface area contributed by atoms with Crippen LogP contribution in [0.4, 0.5) is 10.5 Å². The lowest BCUT2D eigenvalue weighted by Gasteiger charge is -2.14. The number of urea groups is 1. The Kier molecular flexibility index (Phi) is 4.98. The Morgan fingerprint density at radius 2 is 2.32 bits per heavy atom. The fourth-order valence-electron chi connectivity index (χ4n) is 2.13. The van der Waals surface area contributed by atoms with Crippen molar-refractivity contribution in [3.63, 3.8) is 0 Å². The minimum atomic E-state index is -0.139. The molecule has 3 N–H and O–H groups in total. The molecule has 0 aromatic heterocycles. The molecular weight excluding hydrogens is 238 g/mol. The largest absolute Gasteiger partial charge is 0.338 e. The topological polar surface area (TPSA) is 53.2 Å². The Morgan fingerprint density at radius 1 is 1.42 bits per heavy atom. The van der Waals surface area contributed by atoms with Crippen LogP contribution in [-0.2, 0) is 0 Å². The van der Waals surface area contributed by atoms with Crippen LogP contribution in [0.1, 0.15) is 18.4 Å². The molecule has 0 aliphatic carbocycles. The normalized spacial score (nSPS) is 14.7. The summed E-state index contributed by atoms with van der Waals surface area (Å²) >= 11 is 0. The minimum Gasteiger partial charge on any atom is -0.338 e. The number of benzene rings is 1. The van der Waals surface area contributed by atoms with Gasteiger partial charge in [0.15, 0.2) is 0 Å². The van der Waals surface area contributed by atoms with E-state index >= 15 is 0 Å². The molecule has 0 bridgehead atoms. The molecule has 0 fully saturated rings. The maximum atomic E-state index is 11.7. The van der Waals surface area contributed by atoms with E-state index in [0.29, 0.717) is 6.54 Å². The average molecular weight is 259 g/mol. The van der Waals surface area contributed by atoms with Crippen molar-refractivity contribution in [3.8, 4) is 0 Å². The molecule has 0 unspecified atom stereocenters. The molecule has 0 atom stereocenters. The van der Waals surface area contributed by atoms with Crippen LogP contribution in [0.25, 0.3) is 0 Å². The Morgan fingerprint density at radius 3 is 3.05 bits per heavy atom. The van der Waals surface area contributed by atoms with Crippen molar-refractivity contribution < 1.29 is 4.79 Å². The second-order valence-corrected chi connectivity index (χ2v) is 4.82. The summed E-state index contributed by atoms with van der Waals surface area (Å²) in [5, 5.41) is 9.00. The summed E-state index contributed by atoms with van der Waals surface area (Å²) in [6.07, 6.45) is 4.23. The number of carbonyl (C=O) groups is 1. The van der Waals surface area contributed by atoms with E-state index in [1.165, 1.54) is 5.57 Å². The van der Waals surface area contributed by atoms with Gasteiger partial charge in [0.2, 0.25) is 0 Å². The van der Waals surface area contributed by atoms with E-state index in [2.05, 4.69) is 22.0 Å². The number of nitrogens with one attached hydrogen (secondary N) is 3. The number of anilines is 1. The third-order valence-electron chi connectivity index (χ3n) is 3.17. The van der Waals surface area contributed by atoms with Gasteiger partial charge < -0.3 is 16.0 Å². The maximum Gasteiger partial charge on any atom is 0.319 e. The van der Waals surface area contributed by atoms with Crippen LogP contribution in [-0.4, -0.2) is 25.7 Å². The van der Waals surface area contributed by atoms with E-state index in [-0.39, 0.29) is 6.03 Å². The molecule has 1 heterocycles. The Labute approximate surface area is 114 Å². The lowest BCUT2D eigenvalue weighted by molar-refractivity contribution is 0.252. The van der Waals surface area contributed by atoms with Gasteiger partial charge in [-0.05, 0) is 44.0 Å². The fourth-order valence-corrected chi connectivity index (χ4v) is 2.13. The third-order valence-corrected chi connectivity index (χ3v) is 3.17. The number of hydrogen-bond acceptors (Lipinski definition) is 2. The summed E-state index contributed by atoms with van der Waals surface area (Å²) in [7, 11) is 0. The molecule has 4 heteroatoms. The van der Waals surface area contributed by atoms with Crippen molar-refractivity contribution in [2.24, 2.45) is 0 Å². The number of carbonyl (C=O) groups excluding carboxylic acids is 1. The summed E-state index contributed by atoms with van der Waals surface area (Å²) in [6.45, 7) is 4.68. The van der Waals surface area contributed by atoms with E-state index in [0.717, 1.165) is 37.2 Å². The van der Waals surface area contributed by atoms with Crippen molar-refractivity contribution in [2.75, 3.05) is 25.0 Å². The molecule has 2 rings (SSSR count). The van der Waals surface area contributed by atoms with Crippen molar-refractivity contribution >= 4 is 11.7 Å². The first-order chi connectivity index (χ1) is 9.24. The van der Waals surface area contributed by atoms with Crippen LogP contribution in [0.2, 0.25) is 0 Å². The fraction of sp³-hybridized carbons (Fsp3) is 0.400. The number of aryl methyl sites for hydroxylation is 1. The molecule has 2 amide bonds. The molecule has 1 aliphatic rings. The highest BCUT2D eigenvalue weighted by Crippen LogP contribution is 2.10. The van der Waals surface area contributed by atoms with Crippen molar-refractivity contribution in [1.82, 2.24) is 10.6 Å². The van der Waals surface area contributed by atoms with Gasteiger partial charge in [-0.1, -0.05) is 23.8 Å². The van der Waals surface area contributed by atoms with Crippen LogP contribution in [0.5, 0.6) is 0 Å². The quantitative estimate of drug-likeness (QED) is 0.727. The van der Waals surface area contributed by atoms with E-state index in [1.807, 2.05) is 31.2 Å². The summed E-state index contributed by atoms with van der Waals surface area (Å²) in [5.74, 6) is 0. The van der Waals surface area contributed by atoms with Gasteiger partial charge in [-0.3, -0.25) is 0 Å². The van der Waals surface area contributed by atoms with Gasteiger partial charge >= 0.3 is 6.03 Å². The number of amides is 2. The molecule has 0 spiro atoms. The summed E-state index contributed by atoms with van der Waals surface area (Å²) in [5.41, 5.74) is 3.39. The highest BCUT2D eigenvalue weighted by atomic mass is 16.2. The molecule has 4 nitrogen and oxygen atoms in total. The zero-order chi connectivity index (χ0) is 13.5. The first-order valence-corrected chi connectivity index (χ1v) is 6.74. The van der Waals surface area contributed by atoms with Gasteiger partial charge in [-0.2, -0.15) is 0 Å². The Balaban J connectivity index is 1.71. The molecule has 0 saturated heterocycles. The number of hydrogen-bond donors (Lipinski definition) is 3.